The van der Waals surface area contributed by atoms with Crippen LogP contribution in [0.1, 0.15) is 13.3 Å². The number of nitrogens with zero attached hydrogens (tertiary/aromatic N) is 1. The Morgan fingerprint density at radius 3 is 2.65 bits per heavy atom. The summed E-state index contributed by atoms with van der Waals surface area (Å²) in [6, 6.07) is 7.20. The maximum absolute atomic E-state index is 12.2. The largest absolute Gasteiger partial charge is 0.481 e. The second-order valence-corrected chi connectivity index (χ2v) is 5.34. The molecule has 1 atom stereocenters. The van der Waals surface area contributed by atoms with E-state index in [9.17, 15) is 9.59 Å². The Kier molecular flexibility index (Phi) is 6.54. The summed E-state index contributed by atoms with van der Waals surface area (Å²) >= 11 is 1.57. The Hall–Kier alpha value is -1.53. The number of anilines is 1. The zero-order valence-corrected chi connectivity index (χ0v) is 12.7. The Bertz CT molecular complexity index is 479. The quantitative estimate of drug-likeness (QED) is 0.754. The van der Waals surface area contributed by atoms with Crippen molar-refractivity contribution in [1.82, 2.24) is 4.90 Å². The third-order valence-electron chi connectivity index (χ3n) is 3.08. The van der Waals surface area contributed by atoms with E-state index in [4.69, 9.17) is 5.11 Å². The first-order chi connectivity index (χ1) is 9.45. The molecule has 0 spiro atoms. The second-order valence-electron chi connectivity index (χ2n) is 4.49. The molecular weight excluding hydrogens is 276 g/mol. The van der Waals surface area contributed by atoms with Gasteiger partial charge in [0.2, 0.25) is 5.91 Å². The summed E-state index contributed by atoms with van der Waals surface area (Å²) in [6.45, 7) is 2.10. The number of benzene rings is 1. The second kappa shape index (κ2) is 7.91. The van der Waals surface area contributed by atoms with Crippen LogP contribution in [-0.2, 0) is 9.59 Å². The first kappa shape index (κ1) is 16.5. The molecule has 0 aliphatic heterocycles. The summed E-state index contributed by atoms with van der Waals surface area (Å²) < 4.78 is 0. The van der Waals surface area contributed by atoms with Gasteiger partial charge in [0, 0.05) is 11.4 Å². The molecule has 1 rings (SSSR count). The van der Waals surface area contributed by atoms with E-state index in [0.29, 0.717) is 6.54 Å². The lowest BCUT2D eigenvalue weighted by Crippen LogP contribution is -2.40. The van der Waals surface area contributed by atoms with Gasteiger partial charge in [0.15, 0.2) is 0 Å². The fourth-order valence-electron chi connectivity index (χ4n) is 1.65. The molecule has 2 N–H and O–H groups in total. The van der Waals surface area contributed by atoms with Crippen molar-refractivity contribution >= 4 is 29.3 Å². The normalized spacial score (nSPS) is 12.2. The maximum atomic E-state index is 12.2. The van der Waals surface area contributed by atoms with Gasteiger partial charge in [-0.25, -0.2) is 0 Å². The lowest BCUT2D eigenvalue weighted by atomic mass is 10.2. The van der Waals surface area contributed by atoms with Crippen molar-refractivity contribution in [3.05, 3.63) is 24.3 Å². The molecule has 0 aliphatic carbocycles. The standard InChI is InChI=1S/C14H20N2O3S/c1-10(16(2)9-8-13(17)18)14(19)15-11-6-4-5-7-12(11)20-3/h4-7,10H,8-9H2,1-3H3,(H,15,19)(H,17,18). The number of carbonyl (C=O) groups is 2. The Morgan fingerprint density at radius 2 is 2.05 bits per heavy atom. The molecule has 20 heavy (non-hydrogen) atoms. The number of carbonyl (C=O) groups excluding carboxylic acids is 1. The van der Waals surface area contributed by atoms with Gasteiger partial charge >= 0.3 is 5.97 Å². The fourth-order valence-corrected chi connectivity index (χ4v) is 2.20. The molecule has 1 aromatic carbocycles. The summed E-state index contributed by atoms with van der Waals surface area (Å²) in [4.78, 5) is 25.4. The molecule has 0 saturated carbocycles. The molecule has 0 fully saturated rings. The maximum Gasteiger partial charge on any atom is 0.304 e. The Balaban J connectivity index is 2.63. The van der Waals surface area contributed by atoms with Crippen LogP contribution in [0.2, 0.25) is 0 Å². The first-order valence-corrected chi connectivity index (χ1v) is 7.54. The summed E-state index contributed by atoms with van der Waals surface area (Å²) in [7, 11) is 1.74. The highest BCUT2D eigenvalue weighted by molar-refractivity contribution is 7.98. The minimum atomic E-state index is -0.864. The number of hydrogen-bond acceptors (Lipinski definition) is 4. The predicted octanol–water partition coefficient (Wildman–Crippen LogP) is 2.14. The van der Waals surface area contributed by atoms with E-state index in [1.807, 2.05) is 30.5 Å². The smallest absolute Gasteiger partial charge is 0.304 e. The van der Waals surface area contributed by atoms with E-state index < -0.39 is 5.97 Å². The predicted molar refractivity (Wildman–Crippen MR) is 81.2 cm³/mol. The highest BCUT2D eigenvalue weighted by Crippen LogP contribution is 2.24. The Labute approximate surface area is 123 Å². The van der Waals surface area contributed by atoms with E-state index in [1.165, 1.54) is 0 Å². The monoisotopic (exact) mass is 296 g/mol. The van der Waals surface area contributed by atoms with Crippen LogP contribution in [0.4, 0.5) is 5.69 Å². The van der Waals surface area contributed by atoms with Gasteiger partial charge in [-0.3, -0.25) is 14.5 Å². The van der Waals surface area contributed by atoms with Crippen LogP contribution in [-0.4, -0.2) is 47.8 Å². The lowest BCUT2D eigenvalue weighted by Gasteiger charge is -2.23. The SMILES string of the molecule is CSc1ccccc1NC(=O)C(C)N(C)CCC(=O)O. The number of likely N-dealkylation sites (N-methyl/N-ethyl adjacent to an activating group) is 1. The van der Waals surface area contributed by atoms with Crippen molar-refractivity contribution in [2.45, 2.75) is 24.3 Å². The van der Waals surface area contributed by atoms with Crippen LogP contribution < -0.4 is 5.32 Å². The average Bonchev–Trinajstić information content (AvgIpc) is 2.44. The van der Waals surface area contributed by atoms with Gasteiger partial charge < -0.3 is 10.4 Å². The number of carboxylic acids is 1. The number of aliphatic carboxylic acids is 1. The lowest BCUT2D eigenvalue weighted by molar-refractivity contribution is -0.137. The van der Waals surface area contributed by atoms with Crippen molar-refractivity contribution in [3.8, 4) is 0 Å². The fraction of sp³-hybridized carbons (Fsp3) is 0.429. The average molecular weight is 296 g/mol. The topological polar surface area (TPSA) is 69.6 Å². The minimum absolute atomic E-state index is 0.0233. The van der Waals surface area contributed by atoms with Crippen molar-refractivity contribution in [2.24, 2.45) is 0 Å². The molecule has 0 bridgehead atoms. The van der Waals surface area contributed by atoms with Crippen LogP contribution in [0.3, 0.4) is 0 Å². The molecule has 0 heterocycles. The molecular formula is C14H20N2O3S. The van der Waals surface area contributed by atoms with Gasteiger partial charge in [-0.2, -0.15) is 0 Å². The van der Waals surface area contributed by atoms with Crippen LogP contribution >= 0.6 is 11.8 Å². The van der Waals surface area contributed by atoms with E-state index in [-0.39, 0.29) is 18.4 Å². The number of amides is 1. The number of carboxylic acid groups (broad SMARTS) is 1. The van der Waals surface area contributed by atoms with Crippen molar-refractivity contribution in [2.75, 3.05) is 25.2 Å². The Morgan fingerprint density at radius 1 is 1.40 bits per heavy atom. The van der Waals surface area contributed by atoms with Crippen molar-refractivity contribution in [1.29, 1.82) is 0 Å². The number of para-hydroxylation sites is 1. The molecule has 5 nitrogen and oxygen atoms in total. The minimum Gasteiger partial charge on any atom is -0.481 e. The molecule has 110 valence electrons. The molecule has 1 amide bonds. The van der Waals surface area contributed by atoms with Crippen molar-refractivity contribution < 1.29 is 14.7 Å². The van der Waals surface area contributed by atoms with Crippen LogP contribution in [0.15, 0.2) is 29.2 Å². The van der Waals surface area contributed by atoms with Crippen LogP contribution in [0.5, 0.6) is 0 Å². The van der Waals surface area contributed by atoms with E-state index in [0.717, 1.165) is 10.6 Å². The van der Waals surface area contributed by atoms with Gasteiger partial charge in [0.1, 0.15) is 0 Å². The third-order valence-corrected chi connectivity index (χ3v) is 3.88. The number of rotatable bonds is 7. The summed E-state index contributed by atoms with van der Waals surface area (Å²) in [5, 5.41) is 11.5. The molecule has 6 heteroatoms. The zero-order valence-electron chi connectivity index (χ0n) is 11.9. The van der Waals surface area contributed by atoms with E-state index >= 15 is 0 Å². The van der Waals surface area contributed by atoms with Gasteiger partial charge in [-0.05, 0) is 32.4 Å². The molecule has 0 aromatic heterocycles. The van der Waals surface area contributed by atoms with Gasteiger partial charge in [0.05, 0.1) is 18.2 Å². The summed E-state index contributed by atoms with van der Waals surface area (Å²) in [6.07, 6.45) is 1.98. The zero-order chi connectivity index (χ0) is 15.1. The highest BCUT2D eigenvalue weighted by atomic mass is 32.2. The van der Waals surface area contributed by atoms with Gasteiger partial charge in [-0.1, -0.05) is 12.1 Å². The van der Waals surface area contributed by atoms with E-state index in [1.54, 1.807) is 30.6 Å². The van der Waals surface area contributed by atoms with Crippen LogP contribution in [0, 0.1) is 0 Å². The number of thioether (sulfide) groups is 1. The van der Waals surface area contributed by atoms with Crippen molar-refractivity contribution in [3.63, 3.8) is 0 Å². The van der Waals surface area contributed by atoms with Gasteiger partial charge in [0.25, 0.3) is 0 Å². The molecule has 0 saturated heterocycles. The molecule has 1 unspecified atom stereocenters. The number of hydrogen-bond donors (Lipinski definition) is 2. The molecule has 1 aromatic rings. The third kappa shape index (κ3) is 4.86. The summed E-state index contributed by atoms with van der Waals surface area (Å²) in [5.41, 5.74) is 0.781. The van der Waals surface area contributed by atoms with E-state index in [2.05, 4.69) is 5.32 Å². The molecule has 0 aliphatic rings. The molecule has 0 radical (unpaired) electrons. The summed E-state index contributed by atoms with van der Waals surface area (Å²) in [5.74, 6) is -1.00. The van der Waals surface area contributed by atoms with Crippen LogP contribution in [0.25, 0.3) is 0 Å². The highest BCUT2D eigenvalue weighted by Gasteiger charge is 2.19. The van der Waals surface area contributed by atoms with Gasteiger partial charge in [-0.15, -0.1) is 11.8 Å². The number of nitrogens with one attached hydrogen (secondary N) is 1. The first-order valence-electron chi connectivity index (χ1n) is 6.31.